The average molecular weight is 993 g/mol. The summed E-state index contributed by atoms with van der Waals surface area (Å²) in [5.74, 6) is -0.493. The molecule has 0 amide bonds. The molecule has 0 spiro atoms. The minimum absolute atomic E-state index is 0.0898. The Morgan fingerprint density at radius 2 is 0.855 bits per heavy atom. The van der Waals surface area contributed by atoms with Crippen molar-refractivity contribution in [2.45, 2.75) is 243 Å². The lowest BCUT2D eigenvalue weighted by atomic mass is 9.85. The maximum atomic E-state index is 12.9. The van der Waals surface area contributed by atoms with Gasteiger partial charge in [0.05, 0.1) is 13.2 Å². The van der Waals surface area contributed by atoms with E-state index in [1.165, 1.54) is 57.8 Å². The molecule has 6 atom stereocenters. The summed E-state index contributed by atoms with van der Waals surface area (Å²) in [4.78, 5) is 23.3. The van der Waals surface area contributed by atoms with E-state index < -0.39 is 63.1 Å². The molecule has 1 fully saturated rings. The Morgan fingerprint density at radius 3 is 1.30 bits per heavy atom. The summed E-state index contributed by atoms with van der Waals surface area (Å²) in [6.07, 6.45) is 49.2. The zero-order valence-electron chi connectivity index (χ0n) is 42.8. The molecule has 0 aliphatic heterocycles. The maximum absolute atomic E-state index is 12.9. The molecular formula is C56H97O12P. The van der Waals surface area contributed by atoms with Gasteiger partial charge in [0.25, 0.3) is 0 Å². The zero-order valence-corrected chi connectivity index (χ0v) is 43.7. The van der Waals surface area contributed by atoms with E-state index in [-0.39, 0.29) is 13.0 Å². The van der Waals surface area contributed by atoms with Crippen LogP contribution in [0.15, 0.2) is 85.1 Å². The summed E-state index contributed by atoms with van der Waals surface area (Å²) in [6.45, 7) is 4.11. The summed E-state index contributed by atoms with van der Waals surface area (Å²) < 4.78 is 34.3. The highest BCUT2D eigenvalue weighted by molar-refractivity contribution is 7.47. The number of hydrogen-bond acceptors (Lipinski definition) is 11. The fourth-order valence-corrected chi connectivity index (χ4v) is 8.74. The van der Waals surface area contributed by atoms with Crippen molar-refractivity contribution in [1.82, 2.24) is 0 Å². The van der Waals surface area contributed by atoms with Crippen LogP contribution in [-0.4, -0.2) is 98.9 Å². The van der Waals surface area contributed by atoms with Gasteiger partial charge in [-0.1, -0.05) is 189 Å². The van der Waals surface area contributed by atoms with Gasteiger partial charge >= 0.3 is 13.8 Å². The lowest BCUT2D eigenvalue weighted by Crippen LogP contribution is -2.64. The summed E-state index contributed by atoms with van der Waals surface area (Å²) in [7, 11) is -5.04. The molecule has 1 aliphatic rings. The first-order valence-corrected chi connectivity index (χ1v) is 28.4. The molecule has 12 nitrogen and oxygen atoms in total. The smallest absolute Gasteiger partial charge is 0.457 e. The van der Waals surface area contributed by atoms with E-state index in [9.17, 15) is 39.8 Å². The molecule has 0 aromatic rings. The fraction of sp³-hybridized carbons (Fsp3) is 0.732. The number of rotatable bonds is 45. The monoisotopic (exact) mass is 993 g/mol. The number of esters is 1. The summed E-state index contributed by atoms with van der Waals surface area (Å²) >= 11 is 0. The molecule has 6 unspecified atom stereocenters. The van der Waals surface area contributed by atoms with E-state index in [4.69, 9.17) is 18.5 Å². The Bertz CT molecular complexity index is 1460. The minimum Gasteiger partial charge on any atom is -0.457 e. The van der Waals surface area contributed by atoms with E-state index in [1.54, 1.807) is 0 Å². The van der Waals surface area contributed by atoms with Crippen LogP contribution < -0.4 is 0 Å². The first kappa shape index (κ1) is 64.5. The predicted molar refractivity (Wildman–Crippen MR) is 281 cm³/mol. The second kappa shape index (κ2) is 45.4. The minimum atomic E-state index is -5.04. The summed E-state index contributed by atoms with van der Waals surface area (Å²) in [5, 5.41) is 50.4. The number of allylic oxidation sites excluding steroid dienone is 14. The van der Waals surface area contributed by atoms with Crippen LogP contribution in [0.2, 0.25) is 0 Å². The quantitative estimate of drug-likeness (QED) is 0.0147. The number of ether oxygens (including phenoxy) is 2. The molecule has 0 bridgehead atoms. The van der Waals surface area contributed by atoms with Crippen LogP contribution in [0.3, 0.4) is 0 Å². The fourth-order valence-electron chi connectivity index (χ4n) is 7.77. The Morgan fingerprint density at radius 1 is 0.478 bits per heavy atom. The predicted octanol–water partition coefficient (Wildman–Crippen LogP) is 12.5. The third kappa shape index (κ3) is 37.0. The third-order valence-corrected chi connectivity index (χ3v) is 13.0. The Hall–Kier alpha value is -2.48. The maximum Gasteiger partial charge on any atom is 0.472 e. The molecule has 13 heteroatoms. The lowest BCUT2D eigenvalue weighted by Gasteiger charge is -2.41. The van der Waals surface area contributed by atoms with Gasteiger partial charge in [-0.25, -0.2) is 4.57 Å². The van der Waals surface area contributed by atoms with Gasteiger partial charge in [-0.15, -0.1) is 0 Å². The molecule has 0 aromatic carbocycles. The van der Waals surface area contributed by atoms with Crippen LogP contribution >= 0.6 is 7.82 Å². The molecule has 0 saturated heterocycles. The van der Waals surface area contributed by atoms with Gasteiger partial charge in [0, 0.05) is 13.0 Å². The molecule has 1 rings (SSSR count). The van der Waals surface area contributed by atoms with E-state index in [1.807, 2.05) is 0 Å². The van der Waals surface area contributed by atoms with Crippen LogP contribution in [0.1, 0.15) is 200 Å². The van der Waals surface area contributed by atoms with Crippen molar-refractivity contribution in [3.05, 3.63) is 85.1 Å². The number of aliphatic hydroxyl groups is 5. The number of unbranched alkanes of at least 4 members (excludes halogenated alkanes) is 19. The first-order chi connectivity index (χ1) is 33.5. The van der Waals surface area contributed by atoms with Crippen LogP contribution in [0.5, 0.6) is 0 Å². The number of phosphoric acid groups is 1. The van der Waals surface area contributed by atoms with Gasteiger partial charge in [-0.2, -0.15) is 0 Å². The number of hydrogen-bond donors (Lipinski definition) is 6. The first-order valence-electron chi connectivity index (χ1n) is 26.9. The molecule has 1 saturated carbocycles. The highest BCUT2D eigenvalue weighted by Crippen LogP contribution is 2.47. The van der Waals surface area contributed by atoms with Crippen molar-refractivity contribution < 1.29 is 58.3 Å². The lowest BCUT2D eigenvalue weighted by molar-refractivity contribution is -0.220. The van der Waals surface area contributed by atoms with E-state index in [0.29, 0.717) is 13.0 Å². The van der Waals surface area contributed by atoms with Crippen molar-refractivity contribution in [2.75, 3.05) is 19.8 Å². The summed E-state index contributed by atoms with van der Waals surface area (Å²) in [5.41, 5.74) is 0. The molecule has 0 radical (unpaired) electrons. The number of phosphoric ester groups is 1. The van der Waals surface area contributed by atoms with Gasteiger partial charge in [0.1, 0.15) is 42.7 Å². The van der Waals surface area contributed by atoms with E-state index in [2.05, 4.69) is 98.9 Å². The molecule has 398 valence electrons. The van der Waals surface area contributed by atoms with Gasteiger partial charge in [0.2, 0.25) is 0 Å². The second-order valence-electron chi connectivity index (χ2n) is 18.3. The largest absolute Gasteiger partial charge is 0.472 e. The topological polar surface area (TPSA) is 192 Å². The number of carbonyl (C=O) groups is 1. The molecule has 6 N–H and O–H groups in total. The number of carbonyl (C=O) groups excluding carboxylic acids is 1. The van der Waals surface area contributed by atoms with Crippen LogP contribution in [0.25, 0.3) is 0 Å². The molecule has 69 heavy (non-hydrogen) atoms. The standard InChI is InChI=1S/C56H97O12P/c1-3-5-7-9-11-13-15-17-19-21-23-24-25-26-27-29-31-33-35-37-39-41-43-45-50(57)67-49(48-66-69(63,64)68-56-54(61)52(59)51(58)53(60)55(56)62)47-65-46-44-42-40-38-36-34-32-30-28-22-20-18-16-14-12-10-8-6-4-2/h5,7,11,13-14,16-17,19-20,22-24,26-27,49,51-56,58-62H,3-4,6,8-10,12,15,18,21,25,28-48H2,1-2H3,(H,63,64)/b7-5-,13-11-,16-14-,19-17-,22-20-,24-23-,27-26-. The average Bonchev–Trinajstić information content (AvgIpc) is 3.34. The van der Waals surface area contributed by atoms with E-state index >= 15 is 0 Å². The van der Waals surface area contributed by atoms with Gasteiger partial charge in [0.15, 0.2) is 0 Å². The molecule has 1 aliphatic carbocycles. The molecular weight excluding hydrogens is 896 g/mol. The third-order valence-electron chi connectivity index (χ3n) is 12.0. The molecule has 0 aromatic heterocycles. The SMILES string of the molecule is CC/C=C\C/C=C\C/C=C\C/C=C\C/C=C\CCCCCCCCCC(=O)OC(COCCCCCCCCCC/C=C\C/C=C\CCCCCC)COP(=O)(O)OC1C(O)C(O)C(O)C(O)C1O. The van der Waals surface area contributed by atoms with Crippen molar-refractivity contribution in [3.8, 4) is 0 Å². The normalized spacial score (nSPS) is 21.7. The Balaban J connectivity index is 2.34. The second-order valence-corrected chi connectivity index (χ2v) is 19.7. The van der Waals surface area contributed by atoms with Crippen molar-refractivity contribution in [3.63, 3.8) is 0 Å². The van der Waals surface area contributed by atoms with Crippen LogP contribution in [0, 0.1) is 0 Å². The highest BCUT2D eigenvalue weighted by atomic mass is 31.2. The summed E-state index contributed by atoms with van der Waals surface area (Å²) in [6, 6.07) is 0. The van der Waals surface area contributed by atoms with Crippen molar-refractivity contribution in [1.29, 1.82) is 0 Å². The Labute approximate surface area is 418 Å². The zero-order chi connectivity index (χ0) is 50.5. The van der Waals surface area contributed by atoms with Gasteiger partial charge in [-0.3, -0.25) is 13.8 Å². The van der Waals surface area contributed by atoms with Crippen molar-refractivity contribution in [2.24, 2.45) is 0 Å². The van der Waals surface area contributed by atoms with Gasteiger partial charge < -0.3 is 39.9 Å². The Kier molecular flexibility index (Phi) is 42.5. The van der Waals surface area contributed by atoms with Crippen molar-refractivity contribution >= 4 is 13.8 Å². The van der Waals surface area contributed by atoms with Crippen LogP contribution in [-0.2, 0) is 27.9 Å². The number of aliphatic hydroxyl groups excluding tert-OH is 5. The molecule has 0 heterocycles. The van der Waals surface area contributed by atoms with E-state index in [0.717, 1.165) is 116 Å². The highest BCUT2D eigenvalue weighted by Gasteiger charge is 2.51. The van der Waals surface area contributed by atoms with Crippen LogP contribution in [0.4, 0.5) is 0 Å². The van der Waals surface area contributed by atoms with Gasteiger partial charge in [-0.05, 0) is 89.9 Å².